The number of nitrogens with one attached hydrogen (secondary N) is 1. The molecule has 2 heterocycles. The lowest BCUT2D eigenvalue weighted by molar-refractivity contribution is -0.140. The van der Waals surface area contributed by atoms with Gasteiger partial charge < -0.3 is 14.8 Å². The summed E-state index contributed by atoms with van der Waals surface area (Å²) in [4.78, 5) is 18.4. The summed E-state index contributed by atoms with van der Waals surface area (Å²) in [6.07, 6.45) is 0.990. The van der Waals surface area contributed by atoms with Crippen LogP contribution in [-0.2, 0) is 22.7 Å². The highest BCUT2D eigenvalue weighted by Crippen LogP contribution is 2.40. The molecule has 0 aliphatic carbocycles. The molecule has 1 aromatic heterocycles. The van der Waals surface area contributed by atoms with E-state index in [0.717, 1.165) is 28.9 Å². The minimum atomic E-state index is -0.625. The fraction of sp³-hybridized carbons (Fsp3) is 0.233. The molecule has 206 valence electrons. The van der Waals surface area contributed by atoms with Crippen LogP contribution in [0.5, 0.6) is 5.75 Å². The zero-order chi connectivity index (χ0) is 28.1. The molecular weight excluding hydrogens is 567 g/mol. The van der Waals surface area contributed by atoms with Crippen LogP contribution in [0.3, 0.4) is 0 Å². The largest absolute Gasteiger partial charge is 0.488 e. The smallest absolute Gasteiger partial charge is 0.338 e. The minimum Gasteiger partial charge on any atom is -0.488 e. The molecule has 5 rings (SSSR count). The number of rotatable bonds is 10. The highest BCUT2D eigenvalue weighted by molar-refractivity contribution is 7.99. The van der Waals surface area contributed by atoms with Crippen LogP contribution in [0.15, 0.2) is 89.2 Å². The normalized spacial score (nSPS) is 14.4. The Morgan fingerprint density at radius 2 is 1.82 bits per heavy atom. The van der Waals surface area contributed by atoms with Gasteiger partial charge in [0.25, 0.3) is 0 Å². The SMILES string of the molecule is CCCSc1nc2n(n1)C(c1ccccc1OCc1ccc(Cl)cc1Cl)C(C(=O)OCc1ccccc1)=C(C)N2. The minimum absolute atomic E-state index is 0.151. The van der Waals surface area contributed by atoms with E-state index in [2.05, 4.69) is 12.2 Å². The van der Waals surface area contributed by atoms with Gasteiger partial charge in [0.15, 0.2) is 0 Å². The van der Waals surface area contributed by atoms with Crippen molar-refractivity contribution in [2.75, 3.05) is 11.1 Å². The molecular formula is C30H28Cl2N4O3S. The molecule has 0 bridgehead atoms. The van der Waals surface area contributed by atoms with Gasteiger partial charge in [-0.15, -0.1) is 5.10 Å². The number of anilines is 1. The molecule has 4 aromatic rings. The van der Waals surface area contributed by atoms with Crippen molar-refractivity contribution >= 4 is 46.9 Å². The number of ether oxygens (including phenoxy) is 2. The molecule has 0 saturated carbocycles. The van der Waals surface area contributed by atoms with Gasteiger partial charge >= 0.3 is 5.97 Å². The third-order valence-electron chi connectivity index (χ3n) is 6.31. The molecule has 0 radical (unpaired) electrons. The summed E-state index contributed by atoms with van der Waals surface area (Å²) in [6.45, 7) is 4.33. The number of halogens is 2. The number of carbonyl (C=O) groups excluding carboxylic acids is 1. The molecule has 1 unspecified atom stereocenters. The number of para-hydroxylation sites is 1. The first-order chi connectivity index (χ1) is 19.4. The van der Waals surface area contributed by atoms with E-state index in [-0.39, 0.29) is 13.2 Å². The molecule has 0 spiro atoms. The van der Waals surface area contributed by atoms with Crippen molar-refractivity contribution in [1.29, 1.82) is 0 Å². The maximum absolute atomic E-state index is 13.7. The first kappa shape index (κ1) is 28.1. The third kappa shape index (κ3) is 6.30. The summed E-state index contributed by atoms with van der Waals surface area (Å²) in [7, 11) is 0. The van der Waals surface area contributed by atoms with E-state index in [1.54, 1.807) is 28.6 Å². The molecule has 7 nitrogen and oxygen atoms in total. The average Bonchev–Trinajstić information content (AvgIpc) is 3.36. The predicted molar refractivity (Wildman–Crippen MR) is 159 cm³/mol. The summed E-state index contributed by atoms with van der Waals surface area (Å²) < 4.78 is 13.8. The van der Waals surface area contributed by atoms with Crippen LogP contribution in [0.1, 0.15) is 43.0 Å². The van der Waals surface area contributed by atoms with Crippen molar-refractivity contribution in [1.82, 2.24) is 14.8 Å². The average molecular weight is 596 g/mol. The van der Waals surface area contributed by atoms with Crippen molar-refractivity contribution in [3.05, 3.63) is 111 Å². The summed E-state index contributed by atoms with van der Waals surface area (Å²) in [6, 6.07) is 21.8. The first-order valence-electron chi connectivity index (χ1n) is 12.9. The lowest BCUT2D eigenvalue weighted by atomic mass is 9.95. The Morgan fingerprint density at radius 3 is 2.60 bits per heavy atom. The Balaban J connectivity index is 1.51. The number of benzene rings is 3. The van der Waals surface area contributed by atoms with Gasteiger partial charge in [-0.25, -0.2) is 9.48 Å². The predicted octanol–water partition coefficient (Wildman–Crippen LogP) is 7.70. The number of fused-ring (bicyclic) bond motifs is 1. The monoisotopic (exact) mass is 594 g/mol. The van der Waals surface area contributed by atoms with Crippen LogP contribution < -0.4 is 10.1 Å². The Labute approximate surface area is 247 Å². The number of thioether (sulfide) groups is 1. The van der Waals surface area contributed by atoms with Crippen LogP contribution in [0.4, 0.5) is 5.95 Å². The van der Waals surface area contributed by atoms with Crippen LogP contribution >= 0.6 is 35.0 Å². The van der Waals surface area contributed by atoms with Gasteiger partial charge in [0, 0.05) is 32.6 Å². The highest BCUT2D eigenvalue weighted by Gasteiger charge is 2.37. The Bertz CT molecular complexity index is 1540. The van der Waals surface area contributed by atoms with Crippen LogP contribution in [0.2, 0.25) is 10.0 Å². The van der Waals surface area contributed by atoms with Crippen LogP contribution in [-0.4, -0.2) is 26.5 Å². The molecule has 0 amide bonds. The molecule has 1 N–H and O–H groups in total. The molecule has 10 heteroatoms. The van der Waals surface area contributed by atoms with Gasteiger partial charge in [-0.2, -0.15) is 4.98 Å². The lowest BCUT2D eigenvalue weighted by Gasteiger charge is -2.29. The summed E-state index contributed by atoms with van der Waals surface area (Å²) >= 11 is 14.0. The first-order valence-corrected chi connectivity index (χ1v) is 14.6. The number of hydrogen-bond donors (Lipinski definition) is 1. The van der Waals surface area contributed by atoms with E-state index in [0.29, 0.717) is 38.2 Å². The number of hydrogen-bond acceptors (Lipinski definition) is 7. The van der Waals surface area contributed by atoms with E-state index in [9.17, 15) is 4.79 Å². The summed E-state index contributed by atoms with van der Waals surface area (Å²) in [5.41, 5.74) is 3.52. The van der Waals surface area contributed by atoms with Crippen molar-refractivity contribution in [2.24, 2.45) is 0 Å². The fourth-order valence-electron chi connectivity index (χ4n) is 4.37. The topological polar surface area (TPSA) is 78.3 Å². The van der Waals surface area contributed by atoms with Gasteiger partial charge in [-0.1, -0.05) is 96.5 Å². The number of esters is 1. The van der Waals surface area contributed by atoms with Gasteiger partial charge in [0.2, 0.25) is 11.1 Å². The fourth-order valence-corrected chi connectivity index (χ4v) is 5.52. The number of allylic oxidation sites excluding steroid dienone is 1. The Morgan fingerprint density at radius 1 is 1.05 bits per heavy atom. The van der Waals surface area contributed by atoms with Gasteiger partial charge in [-0.3, -0.25) is 0 Å². The quantitative estimate of drug-likeness (QED) is 0.149. The zero-order valence-electron chi connectivity index (χ0n) is 22.1. The van der Waals surface area contributed by atoms with Gasteiger partial charge in [0.1, 0.15) is 25.0 Å². The molecule has 0 fully saturated rings. The van der Waals surface area contributed by atoms with Gasteiger partial charge in [-0.05, 0) is 37.1 Å². The zero-order valence-corrected chi connectivity index (χ0v) is 24.4. The Kier molecular flexibility index (Phi) is 8.99. The van der Waals surface area contributed by atoms with Crippen LogP contribution in [0.25, 0.3) is 0 Å². The van der Waals surface area contributed by atoms with Crippen molar-refractivity contribution in [3.63, 3.8) is 0 Å². The molecule has 1 aliphatic heterocycles. The van der Waals surface area contributed by atoms with Crippen molar-refractivity contribution < 1.29 is 14.3 Å². The maximum atomic E-state index is 13.7. The second-order valence-corrected chi connectivity index (χ2v) is 11.1. The summed E-state index contributed by atoms with van der Waals surface area (Å²) in [5.74, 6) is 1.58. The van der Waals surface area contributed by atoms with Crippen molar-refractivity contribution in [2.45, 2.75) is 44.7 Å². The lowest BCUT2D eigenvalue weighted by Crippen LogP contribution is -2.30. The van der Waals surface area contributed by atoms with Gasteiger partial charge in [0.05, 0.1) is 5.57 Å². The number of aromatic nitrogens is 3. The van der Waals surface area contributed by atoms with Crippen LogP contribution in [0, 0.1) is 0 Å². The summed E-state index contributed by atoms with van der Waals surface area (Å²) in [5, 5.41) is 9.75. The molecule has 40 heavy (non-hydrogen) atoms. The number of nitrogens with zero attached hydrogens (tertiary/aromatic N) is 3. The van der Waals surface area contributed by atoms with E-state index >= 15 is 0 Å². The molecule has 1 atom stereocenters. The van der Waals surface area contributed by atoms with E-state index in [4.69, 9.17) is 42.8 Å². The van der Waals surface area contributed by atoms with Crippen molar-refractivity contribution in [3.8, 4) is 5.75 Å². The molecule has 0 saturated heterocycles. The van der Waals surface area contributed by atoms with E-state index in [1.807, 2.05) is 67.6 Å². The number of carbonyl (C=O) groups is 1. The third-order valence-corrected chi connectivity index (χ3v) is 7.94. The standard InChI is InChI=1S/C30H28Cl2N4O3S/c1-3-15-40-30-34-29-33-19(2)26(28(37)39-17-20-9-5-4-6-10-20)27(36(29)35-30)23-11-7-8-12-25(23)38-18-21-13-14-22(31)16-24(21)32/h4-14,16,27H,3,15,17-18H2,1-2H3,(H,33,34,35). The second kappa shape index (κ2) is 12.8. The Hall–Kier alpha value is -3.46. The highest BCUT2D eigenvalue weighted by atomic mass is 35.5. The maximum Gasteiger partial charge on any atom is 0.338 e. The second-order valence-electron chi connectivity index (χ2n) is 9.20. The molecule has 3 aromatic carbocycles. The van der Waals surface area contributed by atoms with E-state index in [1.165, 1.54) is 0 Å². The van der Waals surface area contributed by atoms with E-state index < -0.39 is 12.0 Å². The molecule has 1 aliphatic rings.